The first kappa shape index (κ1) is 18.5. The van der Waals surface area contributed by atoms with Gasteiger partial charge in [-0.05, 0) is 46.0 Å². The van der Waals surface area contributed by atoms with Crippen molar-refractivity contribution in [2.75, 3.05) is 6.54 Å². The van der Waals surface area contributed by atoms with Crippen LogP contribution < -0.4 is 5.32 Å². The van der Waals surface area contributed by atoms with Crippen molar-refractivity contribution in [1.82, 2.24) is 10.2 Å². The molecule has 2 aliphatic rings. The molecule has 0 aromatic heterocycles. The summed E-state index contributed by atoms with van der Waals surface area (Å²) in [5.74, 6) is -1.26. The van der Waals surface area contributed by atoms with Gasteiger partial charge in [0.1, 0.15) is 17.7 Å². The number of nitrogens with one attached hydrogen (secondary N) is 1. The zero-order valence-electron chi connectivity index (χ0n) is 14.7. The summed E-state index contributed by atoms with van der Waals surface area (Å²) in [4.78, 5) is 37.5. The van der Waals surface area contributed by atoms with E-state index < -0.39 is 29.7 Å². The van der Waals surface area contributed by atoms with Gasteiger partial charge >= 0.3 is 12.1 Å². The third-order valence-corrected chi connectivity index (χ3v) is 4.65. The van der Waals surface area contributed by atoms with Crippen LogP contribution in [0.4, 0.5) is 4.79 Å². The van der Waals surface area contributed by atoms with Crippen molar-refractivity contribution in [1.29, 1.82) is 0 Å². The van der Waals surface area contributed by atoms with E-state index in [1.54, 1.807) is 20.8 Å². The number of hydrogen-bond donors (Lipinski definition) is 2. The Morgan fingerprint density at radius 1 is 1.12 bits per heavy atom. The molecule has 1 saturated carbocycles. The molecule has 0 radical (unpaired) electrons. The van der Waals surface area contributed by atoms with E-state index in [1.807, 2.05) is 0 Å². The van der Waals surface area contributed by atoms with Crippen molar-refractivity contribution in [2.45, 2.75) is 77.0 Å². The first-order valence-electron chi connectivity index (χ1n) is 8.72. The monoisotopic (exact) mass is 340 g/mol. The van der Waals surface area contributed by atoms with E-state index in [1.165, 1.54) is 4.90 Å². The second-order valence-electron chi connectivity index (χ2n) is 7.70. The molecule has 24 heavy (non-hydrogen) atoms. The molecule has 7 nitrogen and oxygen atoms in total. The van der Waals surface area contributed by atoms with Gasteiger partial charge in [-0.25, -0.2) is 9.59 Å². The number of carboxylic acids is 1. The molecular formula is C17H28N2O5. The molecule has 2 unspecified atom stereocenters. The first-order valence-corrected chi connectivity index (χ1v) is 8.72. The van der Waals surface area contributed by atoms with E-state index in [2.05, 4.69) is 5.32 Å². The highest BCUT2D eigenvalue weighted by Gasteiger charge is 2.43. The average Bonchev–Trinajstić information content (AvgIpc) is 2.41. The Bertz CT molecular complexity index is 494. The van der Waals surface area contributed by atoms with Crippen molar-refractivity contribution < 1.29 is 24.2 Å². The molecule has 1 aliphatic carbocycles. The molecule has 0 aromatic carbocycles. The van der Waals surface area contributed by atoms with E-state index >= 15 is 0 Å². The van der Waals surface area contributed by atoms with E-state index in [0.717, 1.165) is 32.1 Å². The van der Waals surface area contributed by atoms with Gasteiger partial charge < -0.3 is 20.1 Å². The molecule has 2 atom stereocenters. The topological polar surface area (TPSA) is 95.9 Å². The molecular weight excluding hydrogens is 312 g/mol. The molecule has 0 spiro atoms. The fourth-order valence-corrected chi connectivity index (χ4v) is 3.37. The summed E-state index contributed by atoms with van der Waals surface area (Å²) in [7, 11) is 0. The maximum atomic E-state index is 12.8. The number of likely N-dealkylation sites (tertiary alicyclic amines) is 1. The Kier molecular flexibility index (Phi) is 5.72. The van der Waals surface area contributed by atoms with Crippen LogP contribution in [0.25, 0.3) is 0 Å². The number of rotatable bonds is 4. The normalized spacial score (nSPS) is 23.1. The van der Waals surface area contributed by atoms with Crippen LogP contribution in [0.15, 0.2) is 0 Å². The summed E-state index contributed by atoms with van der Waals surface area (Å²) < 4.78 is 5.28. The Labute approximate surface area is 142 Å². The zero-order valence-corrected chi connectivity index (χ0v) is 14.7. The van der Waals surface area contributed by atoms with E-state index in [4.69, 9.17) is 4.74 Å². The molecule has 0 aromatic rings. The highest BCUT2D eigenvalue weighted by atomic mass is 16.6. The molecule has 0 bridgehead atoms. The molecule has 2 rings (SSSR count). The Morgan fingerprint density at radius 2 is 1.75 bits per heavy atom. The molecule has 136 valence electrons. The summed E-state index contributed by atoms with van der Waals surface area (Å²) >= 11 is 0. The van der Waals surface area contributed by atoms with Gasteiger partial charge in [-0.2, -0.15) is 0 Å². The summed E-state index contributed by atoms with van der Waals surface area (Å²) in [5, 5.41) is 11.9. The third-order valence-electron chi connectivity index (χ3n) is 4.65. The molecule has 7 heteroatoms. The summed E-state index contributed by atoms with van der Waals surface area (Å²) in [6, 6.07) is -1.48. The number of amides is 2. The van der Waals surface area contributed by atoms with Crippen LogP contribution in [0.5, 0.6) is 0 Å². The number of alkyl carbamates (subject to hydrolysis) is 1. The number of carboxylic acid groups (broad SMARTS) is 1. The predicted molar refractivity (Wildman–Crippen MR) is 87.5 cm³/mol. The minimum absolute atomic E-state index is 0.0359. The predicted octanol–water partition coefficient (Wildman–Crippen LogP) is 2.15. The lowest BCUT2D eigenvalue weighted by atomic mass is 9.82. The second-order valence-corrected chi connectivity index (χ2v) is 7.70. The van der Waals surface area contributed by atoms with E-state index in [-0.39, 0.29) is 11.8 Å². The fourth-order valence-electron chi connectivity index (χ4n) is 3.37. The molecule has 1 saturated heterocycles. The third kappa shape index (κ3) is 4.61. The summed E-state index contributed by atoms with van der Waals surface area (Å²) in [6.45, 7) is 5.72. The van der Waals surface area contributed by atoms with Crippen LogP contribution >= 0.6 is 0 Å². The van der Waals surface area contributed by atoms with Crippen LogP contribution in [0.3, 0.4) is 0 Å². The van der Waals surface area contributed by atoms with Crippen LogP contribution in [-0.2, 0) is 14.3 Å². The fraction of sp³-hybridized carbons (Fsp3) is 0.824. The second kappa shape index (κ2) is 7.40. The molecule has 1 heterocycles. The van der Waals surface area contributed by atoms with Gasteiger partial charge in [-0.1, -0.05) is 19.3 Å². The Morgan fingerprint density at radius 3 is 2.21 bits per heavy atom. The number of carbonyl (C=O) groups is 3. The van der Waals surface area contributed by atoms with Gasteiger partial charge in [0, 0.05) is 6.54 Å². The van der Waals surface area contributed by atoms with Crippen molar-refractivity contribution in [3.63, 3.8) is 0 Å². The molecule has 1 aliphatic heterocycles. The first-order chi connectivity index (χ1) is 11.2. The SMILES string of the molecule is CC(C)(C)OC(=O)NC(C(=O)N1CCC1C(=O)O)C1CCCCC1. The number of ether oxygens (including phenoxy) is 1. The average molecular weight is 340 g/mol. The van der Waals surface area contributed by atoms with Gasteiger partial charge in [0.05, 0.1) is 0 Å². The van der Waals surface area contributed by atoms with Crippen LogP contribution in [0, 0.1) is 5.92 Å². The largest absolute Gasteiger partial charge is 0.480 e. The van der Waals surface area contributed by atoms with E-state index in [9.17, 15) is 19.5 Å². The minimum atomic E-state index is -0.991. The molecule has 2 fully saturated rings. The highest BCUT2D eigenvalue weighted by Crippen LogP contribution is 2.29. The number of hydrogen-bond acceptors (Lipinski definition) is 4. The van der Waals surface area contributed by atoms with Gasteiger partial charge in [0.2, 0.25) is 5.91 Å². The summed E-state index contributed by atoms with van der Waals surface area (Å²) in [5.41, 5.74) is -0.648. The van der Waals surface area contributed by atoms with Gasteiger partial charge in [-0.3, -0.25) is 4.79 Å². The zero-order chi connectivity index (χ0) is 17.9. The van der Waals surface area contributed by atoms with Crippen LogP contribution in [-0.4, -0.2) is 52.2 Å². The lowest BCUT2D eigenvalue weighted by Crippen LogP contribution is -2.62. The van der Waals surface area contributed by atoms with Crippen molar-refractivity contribution >= 4 is 18.0 Å². The van der Waals surface area contributed by atoms with Gasteiger partial charge in [0.25, 0.3) is 0 Å². The Hall–Kier alpha value is -1.79. The lowest BCUT2D eigenvalue weighted by molar-refractivity contribution is -0.159. The van der Waals surface area contributed by atoms with Gasteiger partial charge in [0.15, 0.2) is 0 Å². The maximum Gasteiger partial charge on any atom is 0.408 e. The van der Waals surface area contributed by atoms with Crippen LogP contribution in [0.1, 0.15) is 59.3 Å². The number of carbonyl (C=O) groups excluding carboxylic acids is 2. The quantitative estimate of drug-likeness (QED) is 0.817. The van der Waals surface area contributed by atoms with E-state index in [0.29, 0.717) is 13.0 Å². The van der Waals surface area contributed by atoms with Gasteiger partial charge in [-0.15, -0.1) is 0 Å². The maximum absolute atomic E-state index is 12.8. The smallest absolute Gasteiger partial charge is 0.408 e. The van der Waals surface area contributed by atoms with Crippen molar-refractivity contribution in [3.05, 3.63) is 0 Å². The van der Waals surface area contributed by atoms with Crippen LogP contribution in [0.2, 0.25) is 0 Å². The van der Waals surface area contributed by atoms with Crippen molar-refractivity contribution in [3.8, 4) is 0 Å². The lowest BCUT2D eigenvalue weighted by Gasteiger charge is -2.42. The highest BCUT2D eigenvalue weighted by molar-refractivity contribution is 5.90. The molecule has 2 N–H and O–H groups in total. The van der Waals surface area contributed by atoms with Crippen molar-refractivity contribution in [2.24, 2.45) is 5.92 Å². The number of nitrogens with zero attached hydrogens (tertiary/aromatic N) is 1. The Balaban J connectivity index is 2.09. The number of aliphatic carboxylic acids is 1. The molecule has 2 amide bonds. The summed E-state index contributed by atoms with van der Waals surface area (Å²) in [6.07, 6.45) is 4.73. The standard InChI is InChI=1S/C17H28N2O5/c1-17(2,3)24-16(23)18-13(11-7-5-4-6-8-11)14(20)19-10-9-12(19)15(21)22/h11-13H,4-10H2,1-3H3,(H,18,23)(H,21,22). The minimum Gasteiger partial charge on any atom is -0.480 e.